The van der Waals surface area contributed by atoms with Crippen molar-refractivity contribution in [2.45, 2.75) is 50.3 Å². The van der Waals surface area contributed by atoms with E-state index in [2.05, 4.69) is 6.58 Å². The van der Waals surface area contributed by atoms with Crippen LogP contribution in [0.15, 0.2) is 104 Å². The largest absolute Gasteiger partial charge is 0.368 e. The smallest absolute Gasteiger partial charge is 0.361 e. The SMILES string of the molecule is C=CCO[C@H]1O[C@@H](P(=O)(OC)OC)[C@@H](OCc2ccccc2)[C@H](OCc2ccccc2)[C@H]1OCc1ccccc1. The van der Waals surface area contributed by atoms with Crippen LogP contribution in [-0.2, 0) is 57.1 Å². The van der Waals surface area contributed by atoms with Crippen molar-refractivity contribution in [1.82, 2.24) is 0 Å². The normalized spacial score (nSPS) is 23.1. The van der Waals surface area contributed by atoms with Gasteiger partial charge in [0.2, 0.25) is 0 Å². The fourth-order valence-corrected chi connectivity index (χ4v) is 5.92. The van der Waals surface area contributed by atoms with E-state index in [0.717, 1.165) is 16.7 Å². The minimum Gasteiger partial charge on any atom is -0.368 e. The topological polar surface area (TPSA) is 81.7 Å². The minimum absolute atomic E-state index is 0.174. The van der Waals surface area contributed by atoms with Crippen LogP contribution in [0.4, 0.5) is 0 Å². The fourth-order valence-electron chi connectivity index (χ4n) is 4.47. The second kappa shape index (κ2) is 15.4. The molecular formula is C31H37O8P. The van der Waals surface area contributed by atoms with Crippen molar-refractivity contribution in [3.05, 3.63) is 120 Å². The van der Waals surface area contributed by atoms with Gasteiger partial charge in [-0.15, -0.1) is 6.58 Å². The highest BCUT2D eigenvalue weighted by atomic mass is 31.2. The lowest BCUT2D eigenvalue weighted by molar-refractivity contribution is -0.309. The molecule has 1 aliphatic heterocycles. The first-order valence-corrected chi connectivity index (χ1v) is 14.7. The number of ether oxygens (including phenoxy) is 5. The quantitative estimate of drug-likeness (QED) is 0.160. The highest BCUT2D eigenvalue weighted by molar-refractivity contribution is 7.54. The standard InChI is InChI=1S/C31H37O8P/c1-4-20-35-30-28(37-22-25-16-10-6-11-17-25)27(36-21-24-14-8-5-9-15-24)29(31(39-30)40(32,33-2)34-3)38-23-26-18-12-7-13-19-26/h4-19,27-31H,1,20-23H2,2-3H3/t27-,28-,29+,30+,31+/m1/s1. The summed E-state index contributed by atoms with van der Waals surface area (Å²) in [6.45, 7) is 4.68. The van der Waals surface area contributed by atoms with E-state index in [9.17, 15) is 4.57 Å². The van der Waals surface area contributed by atoms with Crippen molar-refractivity contribution >= 4 is 7.60 Å². The lowest BCUT2D eigenvalue weighted by atomic mass is 10.0. The van der Waals surface area contributed by atoms with Crippen molar-refractivity contribution in [3.8, 4) is 0 Å². The summed E-state index contributed by atoms with van der Waals surface area (Å²) in [6, 6.07) is 29.2. The molecule has 0 unspecified atom stereocenters. The van der Waals surface area contributed by atoms with Crippen molar-refractivity contribution in [2.24, 2.45) is 0 Å². The van der Waals surface area contributed by atoms with Crippen molar-refractivity contribution in [3.63, 3.8) is 0 Å². The van der Waals surface area contributed by atoms with E-state index in [1.165, 1.54) is 14.2 Å². The van der Waals surface area contributed by atoms with Crippen LogP contribution < -0.4 is 0 Å². The van der Waals surface area contributed by atoms with Crippen LogP contribution in [0.1, 0.15) is 16.7 Å². The van der Waals surface area contributed by atoms with Crippen molar-refractivity contribution < 1.29 is 37.3 Å². The Morgan fingerprint density at radius 3 is 1.52 bits per heavy atom. The molecule has 1 aliphatic rings. The molecule has 0 spiro atoms. The van der Waals surface area contributed by atoms with Gasteiger partial charge in [0.25, 0.3) is 0 Å². The summed E-state index contributed by atoms with van der Waals surface area (Å²) >= 11 is 0. The van der Waals surface area contributed by atoms with Crippen LogP contribution in [-0.4, -0.2) is 51.3 Å². The summed E-state index contributed by atoms with van der Waals surface area (Å²) < 4.78 is 56.3. The number of benzene rings is 3. The van der Waals surface area contributed by atoms with Gasteiger partial charge in [-0.05, 0) is 16.7 Å². The molecule has 3 aromatic rings. The average Bonchev–Trinajstić information content (AvgIpc) is 3.02. The second-order valence-electron chi connectivity index (χ2n) is 9.21. The molecule has 0 saturated carbocycles. The molecule has 0 amide bonds. The Balaban J connectivity index is 1.70. The zero-order valence-electron chi connectivity index (χ0n) is 22.9. The summed E-state index contributed by atoms with van der Waals surface area (Å²) in [7, 11) is -1.19. The Bertz CT molecular complexity index is 1190. The first kappa shape index (κ1) is 30.3. The Kier molecular flexibility index (Phi) is 11.7. The van der Waals surface area contributed by atoms with Gasteiger partial charge in [-0.1, -0.05) is 97.1 Å². The van der Waals surface area contributed by atoms with Gasteiger partial charge in [0.1, 0.15) is 18.3 Å². The second-order valence-corrected chi connectivity index (χ2v) is 11.5. The highest BCUT2D eigenvalue weighted by Gasteiger charge is 2.56. The molecule has 5 atom stereocenters. The monoisotopic (exact) mass is 568 g/mol. The van der Waals surface area contributed by atoms with Gasteiger partial charge in [-0.25, -0.2) is 0 Å². The van der Waals surface area contributed by atoms with Crippen LogP contribution in [0.3, 0.4) is 0 Å². The Labute approximate surface area is 236 Å². The molecule has 1 fully saturated rings. The molecule has 1 heterocycles. The van der Waals surface area contributed by atoms with Gasteiger partial charge in [0, 0.05) is 14.2 Å². The number of rotatable bonds is 15. The zero-order valence-corrected chi connectivity index (χ0v) is 23.8. The lowest BCUT2D eigenvalue weighted by Gasteiger charge is -2.46. The molecule has 8 nitrogen and oxygen atoms in total. The van der Waals surface area contributed by atoms with Crippen LogP contribution >= 0.6 is 7.60 Å². The minimum atomic E-state index is -3.83. The zero-order chi connectivity index (χ0) is 28.2. The molecule has 0 aliphatic carbocycles. The third kappa shape index (κ3) is 7.97. The van der Waals surface area contributed by atoms with E-state index < -0.39 is 38.0 Å². The first-order chi connectivity index (χ1) is 19.6. The van der Waals surface area contributed by atoms with E-state index in [1.54, 1.807) is 6.08 Å². The summed E-state index contributed by atoms with van der Waals surface area (Å²) in [6.07, 6.45) is -1.76. The Hall–Kier alpha value is -2.65. The molecular weight excluding hydrogens is 531 g/mol. The van der Waals surface area contributed by atoms with E-state index in [0.29, 0.717) is 0 Å². The van der Waals surface area contributed by atoms with Crippen LogP contribution in [0.5, 0.6) is 0 Å². The van der Waals surface area contributed by atoms with Crippen LogP contribution in [0, 0.1) is 0 Å². The predicted molar refractivity (Wildman–Crippen MR) is 151 cm³/mol. The molecule has 214 valence electrons. The Morgan fingerprint density at radius 1 is 0.675 bits per heavy atom. The number of hydrogen-bond donors (Lipinski definition) is 0. The van der Waals surface area contributed by atoms with E-state index in [1.807, 2.05) is 91.0 Å². The van der Waals surface area contributed by atoms with E-state index in [4.69, 9.17) is 32.7 Å². The first-order valence-electron chi connectivity index (χ1n) is 13.1. The van der Waals surface area contributed by atoms with Gasteiger partial charge in [-0.3, -0.25) is 4.57 Å². The maximum absolute atomic E-state index is 13.8. The van der Waals surface area contributed by atoms with E-state index >= 15 is 0 Å². The summed E-state index contributed by atoms with van der Waals surface area (Å²) in [5.41, 5.74) is 2.86. The molecule has 40 heavy (non-hydrogen) atoms. The van der Waals surface area contributed by atoms with Crippen LogP contribution in [0.2, 0.25) is 0 Å². The average molecular weight is 569 g/mol. The van der Waals surface area contributed by atoms with Gasteiger partial charge < -0.3 is 32.7 Å². The van der Waals surface area contributed by atoms with Crippen molar-refractivity contribution in [2.75, 3.05) is 20.8 Å². The molecule has 0 radical (unpaired) electrons. The van der Waals surface area contributed by atoms with Gasteiger partial charge in [-0.2, -0.15) is 0 Å². The molecule has 1 saturated heterocycles. The summed E-state index contributed by atoms with van der Waals surface area (Å²) in [5.74, 6) is -1.15. The predicted octanol–water partition coefficient (Wildman–Crippen LogP) is 6.11. The van der Waals surface area contributed by atoms with E-state index in [-0.39, 0.29) is 26.4 Å². The maximum Gasteiger partial charge on any atom is 0.361 e. The fraction of sp³-hybridized carbons (Fsp3) is 0.355. The third-order valence-electron chi connectivity index (χ3n) is 6.53. The summed E-state index contributed by atoms with van der Waals surface area (Å²) in [5, 5.41) is 0. The Morgan fingerprint density at radius 2 is 1.10 bits per heavy atom. The number of hydrogen-bond acceptors (Lipinski definition) is 8. The molecule has 0 N–H and O–H groups in total. The third-order valence-corrected chi connectivity index (χ3v) is 8.58. The lowest BCUT2D eigenvalue weighted by Crippen LogP contribution is -2.60. The summed E-state index contributed by atoms with van der Waals surface area (Å²) in [4.78, 5) is 0. The maximum atomic E-state index is 13.8. The molecule has 3 aromatic carbocycles. The highest BCUT2D eigenvalue weighted by Crippen LogP contribution is 2.56. The van der Waals surface area contributed by atoms with Gasteiger partial charge >= 0.3 is 7.60 Å². The van der Waals surface area contributed by atoms with Crippen LogP contribution in [0.25, 0.3) is 0 Å². The van der Waals surface area contributed by atoms with Gasteiger partial charge in [0.15, 0.2) is 12.1 Å². The molecule has 0 bridgehead atoms. The molecule has 0 aromatic heterocycles. The van der Waals surface area contributed by atoms with Crippen molar-refractivity contribution in [1.29, 1.82) is 0 Å². The molecule has 9 heteroatoms. The molecule has 4 rings (SSSR count). The van der Waals surface area contributed by atoms with Gasteiger partial charge in [0.05, 0.1) is 26.4 Å².